The van der Waals surface area contributed by atoms with E-state index in [0.717, 1.165) is 22.6 Å². The molecule has 3 aromatic rings. The van der Waals surface area contributed by atoms with Gasteiger partial charge in [0, 0.05) is 45.5 Å². The second kappa shape index (κ2) is 10.8. The number of aryl methyl sites for hydroxylation is 2. The summed E-state index contributed by atoms with van der Waals surface area (Å²) in [6.45, 7) is 9.74. The Balaban J connectivity index is 1.82. The van der Waals surface area contributed by atoms with Crippen molar-refractivity contribution in [3.05, 3.63) is 84.0 Å². The normalized spacial score (nSPS) is 11.1. The van der Waals surface area contributed by atoms with Crippen molar-refractivity contribution in [2.75, 3.05) is 7.11 Å². The fourth-order valence-corrected chi connectivity index (χ4v) is 4.59. The van der Waals surface area contributed by atoms with E-state index in [1.165, 1.54) is 22.8 Å². The van der Waals surface area contributed by atoms with Crippen LogP contribution in [0.15, 0.2) is 38.6 Å². The van der Waals surface area contributed by atoms with Gasteiger partial charge in [-0.25, -0.2) is 5.43 Å². The van der Waals surface area contributed by atoms with Gasteiger partial charge in [0.05, 0.1) is 12.8 Å². The molecule has 0 aliphatic heterocycles. The maximum Gasteiger partial charge on any atom is 0.269 e. The number of aromatic nitrogens is 2. The summed E-state index contributed by atoms with van der Waals surface area (Å²) in [4.78, 5) is 25.4. The molecule has 0 radical (unpaired) electrons. The summed E-state index contributed by atoms with van der Waals surface area (Å²) in [5.41, 5.74) is 9.31. The first-order chi connectivity index (χ1) is 16.6. The number of benzene rings is 1. The molecule has 1 N–H and O–H groups in total. The number of carbonyl (C=O) groups excluding carboxylic acids is 1. The SMILES string of the molecule is COCc1c(Br)c(C)n(CC(=O)N/N=C/c2cc(C)n(-c3cccc(C)c3C)c2C)c(=O)c1C#N. The summed E-state index contributed by atoms with van der Waals surface area (Å²) >= 11 is 3.42. The van der Waals surface area contributed by atoms with Crippen molar-refractivity contribution in [2.45, 2.75) is 47.8 Å². The van der Waals surface area contributed by atoms with Crippen LogP contribution in [0.25, 0.3) is 5.69 Å². The number of nitriles is 1. The smallest absolute Gasteiger partial charge is 0.269 e. The van der Waals surface area contributed by atoms with Crippen molar-refractivity contribution in [1.82, 2.24) is 14.6 Å². The number of carbonyl (C=O) groups is 1. The lowest BCUT2D eigenvalue weighted by Crippen LogP contribution is -2.33. The zero-order valence-electron chi connectivity index (χ0n) is 20.7. The average molecular weight is 538 g/mol. The van der Waals surface area contributed by atoms with E-state index in [1.807, 2.05) is 32.0 Å². The predicted molar refractivity (Wildman–Crippen MR) is 139 cm³/mol. The fraction of sp³-hybridized carbons (Fsp3) is 0.308. The summed E-state index contributed by atoms with van der Waals surface area (Å²) in [6, 6.07) is 10.1. The molecular formula is C26H28BrN5O3. The number of hydrogen-bond donors (Lipinski definition) is 1. The van der Waals surface area contributed by atoms with Crippen molar-refractivity contribution in [3.63, 3.8) is 0 Å². The number of hydrazone groups is 1. The van der Waals surface area contributed by atoms with E-state index < -0.39 is 11.5 Å². The molecule has 9 heteroatoms. The van der Waals surface area contributed by atoms with Crippen LogP contribution in [0.3, 0.4) is 0 Å². The molecule has 0 atom stereocenters. The first-order valence-electron chi connectivity index (χ1n) is 11.0. The molecule has 182 valence electrons. The van der Waals surface area contributed by atoms with Gasteiger partial charge in [0.1, 0.15) is 18.2 Å². The van der Waals surface area contributed by atoms with Gasteiger partial charge in [0.2, 0.25) is 0 Å². The van der Waals surface area contributed by atoms with Gasteiger partial charge in [0.15, 0.2) is 0 Å². The lowest BCUT2D eigenvalue weighted by atomic mass is 10.1. The molecule has 0 aliphatic rings. The number of pyridine rings is 1. The van der Waals surface area contributed by atoms with Crippen LogP contribution in [-0.4, -0.2) is 28.4 Å². The van der Waals surface area contributed by atoms with Crippen molar-refractivity contribution < 1.29 is 9.53 Å². The van der Waals surface area contributed by atoms with Crippen LogP contribution in [0.5, 0.6) is 0 Å². The highest BCUT2D eigenvalue weighted by atomic mass is 79.9. The first kappa shape index (κ1) is 26.1. The maximum absolute atomic E-state index is 12.8. The third-order valence-corrected chi connectivity index (χ3v) is 7.18. The number of nitrogens with one attached hydrogen (secondary N) is 1. The van der Waals surface area contributed by atoms with Gasteiger partial charge in [-0.2, -0.15) is 10.4 Å². The summed E-state index contributed by atoms with van der Waals surface area (Å²) in [5.74, 6) is -0.481. The Kier molecular flexibility index (Phi) is 8.10. The molecule has 3 rings (SSSR count). The monoisotopic (exact) mass is 537 g/mol. The molecule has 2 heterocycles. The summed E-state index contributed by atoms with van der Waals surface area (Å²) in [6.07, 6.45) is 1.59. The third kappa shape index (κ3) is 5.14. The van der Waals surface area contributed by atoms with E-state index in [1.54, 1.807) is 13.1 Å². The maximum atomic E-state index is 12.8. The Morgan fingerprint density at radius 3 is 2.60 bits per heavy atom. The van der Waals surface area contributed by atoms with E-state index in [4.69, 9.17) is 4.74 Å². The molecule has 0 bridgehead atoms. The van der Waals surface area contributed by atoms with Gasteiger partial charge in [-0.3, -0.25) is 9.59 Å². The average Bonchev–Trinajstić information content (AvgIpc) is 3.10. The lowest BCUT2D eigenvalue weighted by molar-refractivity contribution is -0.121. The van der Waals surface area contributed by atoms with Crippen LogP contribution in [0.1, 0.15) is 44.9 Å². The number of ether oxygens (including phenoxy) is 1. The van der Waals surface area contributed by atoms with Crippen molar-refractivity contribution in [3.8, 4) is 11.8 Å². The number of amides is 1. The van der Waals surface area contributed by atoms with Crippen LogP contribution in [-0.2, 0) is 22.7 Å². The van der Waals surface area contributed by atoms with Crippen LogP contribution >= 0.6 is 15.9 Å². The largest absolute Gasteiger partial charge is 0.380 e. The Hall–Kier alpha value is -3.48. The van der Waals surface area contributed by atoms with Crippen molar-refractivity contribution in [1.29, 1.82) is 5.26 Å². The van der Waals surface area contributed by atoms with Crippen LogP contribution < -0.4 is 11.0 Å². The Morgan fingerprint density at radius 1 is 1.23 bits per heavy atom. The second-order valence-corrected chi connectivity index (χ2v) is 9.16. The highest BCUT2D eigenvalue weighted by molar-refractivity contribution is 9.10. The van der Waals surface area contributed by atoms with Crippen molar-refractivity contribution in [2.24, 2.45) is 5.10 Å². The predicted octanol–water partition coefficient (Wildman–Crippen LogP) is 4.11. The molecular weight excluding hydrogens is 510 g/mol. The standard InChI is InChI=1S/C26H28BrN5O3/c1-15-8-7-9-23(17(15)3)32-16(2)10-20(18(32)4)12-29-30-24(33)13-31-19(5)25(27)22(14-35-6)21(11-28)26(31)34/h7-10,12H,13-14H2,1-6H3,(H,30,33)/b29-12+. The first-order valence-corrected chi connectivity index (χ1v) is 11.8. The Bertz CT molecular complexity index is 1430. The summed E-state index contributed by atoms with van der Waals surface area (Å²) < 4.78 is 9.08. The van der Waals surface area contributed by atoms with Gasteiger partial charge in [-0.05, 0) is 73.8 Å². The zero-order chi connectivity index (χ0) is 25.9. The van der Waals surface area contributed by atoms with Crippen LogP contribution in [0.4, 0.5) is 0 Å². The summed E-state index contributed by atoms with van der Waals surface area (Å²) in [5, 5.41) is 13.6. The summed E-state index contributed by atoms with van der Waals surface area (Å²) in [7, 11) is 1.49. The molecule has 0 fully saturated rings. The second-order valence-electron chi connectivity index (χ2n) is 8.36. The van der Waals surface area contributed by atoms with Crippen molar-refractivity contribution >= 4 is 28.1 Å². The van der Waals surface area contributed by atoms with E-state index in [2.05, 4.69) is 57.0 Å². The minimum atomic E-state index is -0.545. The molecule has 8 nitrogen and oxygen atoms in total. The van der Waals surface area contributed by atoms with E-state index in [0.29, 0.717) is 15.7 Å². The van der Waals surface area contributed by atoms with E-state index >= 15 is 0 Å². The van der Waals surface area contributed by atoms with Gasteiger partial charge < -0.3 is 13.9 Å². The number of nitrogens with zero attached hydrogens (tertiary/aromatic N) is 4. The molecule has 1 amide bonds. The minimum absolute atomic E-state index is 0.0560. The Morgan fingerprint density at radius 2 is 1.94 bits per heavy atom. The molecule has 0 saturated carbocycles. The molecule has 1 aromatic carbocycles. The molecule has 2 aromatic heterocycles. The van der Waals surface area contributed by atoms with Crippen LogP contribution in [0.2, 0.25) is 0 Å². The van der Waals surface area contributed by atoms with Gasteiger partial charge in [-0.1, -0.05) is 12.1 Å². The highest BCUT2D eigenvalue weighted by Crippen LogP contribution is 2.25. The van der Waals surface area contributed by atoms with Gasteiger partial charge in [0.25, 0.3) is 11.5 Å². The Labute approximate surface area is 213 Å². The zero-order valence-corrected chi connectivity index (χ0v) is 22.3. The molecule has 0 aliphatic carbocycles. The topological polar surface area (TPSA) is 101 Å². The minimum Gasteiger partial charge on any atom is -0.380 e. The molecule has 0 saturated heterocycles. The number of hydrogen-bond acceptors (Lipinski definition) is 5. The van der Waals surface area contributed by atoms with Gasteiger partial charge in [-0.15, -0.1) is 0 Å². The highest BCUT2D eigenvalue weighted by Gasteiger charge is 2.19. The lowest BCUT2D eigenvalue weighted by Gasteiger charge is -2.15. The third-order valence-electron chi connectivity index (χ3n) is 6.13. The molecule has 0 spiro atoms. The number of methoxy groups -OCH3 is 1. The fourth-order valence-electron chi connectivity index (χ4n) is 4.07. The van der Waals surface area contributed by atoms with Crippen LogP contribution in [0, 0.1) is 45.9 Å². The van der Waals surface area contributed by atoms with E-state index in [-0.39, 0.29) is 18.7 Å². The molecule has 0 unspecified atom stereocenters. The quantitative estimate of drug-likeness (QED) is 0.361. The molecule has 35 heavy (non-hydrogen) atoms. The number of rotatable bonds is 7. The van der Waals surface area contributed by atoms with Gasteiger partial charge >= 0.3 is 0 Å². The van der Waals surface area contributed by atoms with E-state index in [9.17, 15) is 14.9 Å². The number of halogens is 1.